The van der Waals surface area contributed by atoms with Gasteiger partial charge in [0.1, 0.15) is 4.91 Å². The Bertz CT molecular complexity index is 319. The average molecular weight is 224 g/mol. The first-order valence-electron chi connectivity index (χ1n) is 1.91. The SMILES string of the molecule is O=[N+](OS(=O)(=O)O)OS(=O)(=O)O. The molecule has 0 bridgehead atoms. The highest BCUT2D eigenvalue weighted by Crippen LogP contribution is 1.92. The lowest BCUT2D eigenvalue weighted by molar-refractivity contribution is -0.925. The lowest BCUT2D eigenvalue weighted by Gasteiger charge is -1.84. The molecule has 0 rings (SSSR count). The van der Waals surface area contributed by atoms with Crippen LogP contribution in [0.25, 0.3) is 0 Å². The topological polar surface area (TPSA) is 147 Å². The Morgan fingerprint density at radius 2 is 1.17 bits per heavy atom. The molecule has 0 saturated carbocycles. The van der Waals surface area contributed by atoms with Gasteiger partial charge >= 0.3 is 25.9 Å². The van der Waals surface area contributed by atoms with E-state index in [0.717, 1.165) is 0 Å². The summed E-state index contributed by atoms with van der Waals surface area (Å²) in [5.41, 5.74) is 0. The van der Waals surface area contributed by atoms with Crippen molar-refractivity contribution in [1.29, 1.82) is 0 Å². The normalized spacial score (nSPS) is 12.2. The molecule has 0 aliphatic rings. The predicted octanol–water partition coefficient (Wildman–Crippen LogP) is -1.77. The third-order valence-corrected chi connectivity index (χ3v) is 0.930. The molecule has 0 unspecified atom stereocenters. The van der Waals surface area contributed by atoms with Crippen LogP contribution in [0.2, 0.25) is 0 Å². The van der Waals surface area contributed by atoms with Gasteiger partial charge in [-0.05, 0) is 8.57 Å². The Morgan fingerprint density at radius 3 is 1.33 bits per heavy atom. The summed E-state index contributed by atoms with van der Waals surface area (Å²) in [6.45, 7) is 0. The van der Waals surface area contributed by atoms with Crippen molar-refractivity contribution in [3.05, 3.63) is 4.91 Å². The number of hydrogen-bond acceptors (Lipinski definition) is 7. The highest BCUT2D eigenvalue weighted by atomic mass is 32.3. The quantitative estimate of drug-likeness (QED) is 0.418. The van der Waals surface area contributed by atoms with Gasteiger partial charge in [-0.3, -0.25) is 0 Å². The van der Waals surface area contributed by atoms with Gasteiger partial charge in [-0.1, -0.05) is 0 Å². The molecule has 0 heterocycles. The molecule has 0 aliphatic heterocycles. The van der Waals surface area contributed by atoms with Crippen LogP contribution in [0.5, 0.6) is 0 Å². The van der Waals surface area contributed by atoms with Crippen molar-refractivity contribution in [2.75, 3.05) is 0 Å². The molecular weight excluding hydrogens is 222 g/mol. The minimum atomic E-state index is -5.18. The Balaban J connectivity index is 4.30. The van der Waals surface area contributed by atoms with Crippen molar-refractivity contribution in [3.63, 3.8) is 0 Å². The number of rotatable bonds is 4. The first-order chi connectivity index (χ1) is 5.10. The molecule has 72 valence electrons. The van der Waals surface area contributed by atoms with Crippen molar-refractivity contribution in [1.82, 2.24) is 0 Å². The molecule has 0 aromatic rings. The first-order valence-corrected chi connectivity index (χ1v) is 4.64. The van der Waals surface area contributed by atoms with Gasteiger partial charge in [0.2, 0.25) is 0 Å². The Labute approximate surface area is 66.1 Å². The summed E-state index contributed by atoms with van der Waals surface area (Å²) in [7, 11) is -10.4. The van der Waals surface area contributed by atoms with Crippen LogP contribution in [0.3, 0.4) is 0 Å². The van der Waals surface area contributed by atoms with E-state index in [0.29, 0.717) is 0 Å². The average Bonchev–Trinajstić information content (AvgIpc) is 1.49. The largest absolute Gasteiger partial charge is 0.517 e. The summed E-state index contributed by atoms with van der Waals surface area (Å²) in [6, 6.07) is 0. The monoisotopic (exact) mass is 224 g/mol. The molecule has 0 radical (unpaired) electrons. The maximum atomic E-state index is 9.87. The third kappa shape index (κ3) is 7.13. The zero-order valence-corrected chi connectivity index (χ0v) is 6.65. The van der Waals surface area contributed by atoms with Gasteiger partial charge in [0.25, 0.3) is 0 Å². The van der Waals surface area contributed by atoms with Crippen LogP contribution in [-0.2, 0) is 29.4 Å². The summed E-state index contributed by atoms with van der Waals surface area (Å²) in [4.78, 5) is 9.87. The fourth-order valence-corrected chi connectivity index (χ4v) is 0.573. The highest BCUT2D eigenvalue weighted by molar-refractivity contribution is 7.81. The molecule has 0 fully saturated rings. The van der Waals surface area contributed by atoms with Gasteiger partial charge < -0.3 is 0 Å². The van der Waals surface area contributed by atoms with Crippen molar-refractivity contribution >= 4 is 20.8 Å². The Hall–Kier alpha value is -0.980. The van der Waals surface area contributed by atoms with Crippen LogP contribution >= 0.6 is 0 Å². The van der Waals surface area contributed by atoms with Gasteiger partial charge in [-0.15, -0.1) is 0 Å². The fraction of sp³-hybridized carbons (Fsp3) is 0. The molecule has 10 nitrogen and oxygen atoms in total. The molecule has 0 amide bonds. The van der Waals surface area contributed by atoms with Crippen LogP contribution in [0.1, 0.15) is 0 Å². The summed E-state index contributed by atoms with van der Waals surface area (Å²) in [6.07, 6.45) is 0. The van der Waals surface area contributed by atoms with E-state index in [9.17, 15) is 21.7 Å². The lowest BCUT2D eigenvalue weighted by Crippen LogP contribution is -2.19. The maximum Gasteiger partial charge on any atom is 0.517 e. The van der Waals surface area contributed by atoms with Crippen molar-refractivity contribution < 1.29 is 39.6 Å². The fourth-order valence-electron chi connectivity index (χ4n) is 0.166. The second kappa shape index (κ2) is 3.18. The number of nitrogens with zero attached hydrogens (tertiary/aromatic N) is 1. The first kappa shape index (κ1) is 11.0. The van der Waals surface area contributed by atoms with Gasteiger partial charge in [0.05, 0.1) is 0 Å². The minimum Gasteiger partial charge on any atom is -0.250 e. The molecule has 0 aromatic carbocycles. The second-order valence-electron chi connectivity index (χ2n) is 1.23. The highest BCUT2D eigenvalue weighted by Gasteiger charge is 2.30. The van der Waals surface area contributed by atoms with Crippen molar-refractivity contribution in [3.8, 4) is 0 Å². The zero-order chi connectivity index (χ0) is 9.99. The van der Waals surface area contributed by atoms with E-state index < -0.39 is 25.9 Å². The van der Waals surface area contributed by atoms with E-state index in [1.54, 1.807) is 0 Å². The summed E-state index contributed by atoms with van der Waals surface area (Å²) in [5, 5.41) is -1.51. The summed E-state index contributed by atoms with van der Waals surface area (Å²) < 4.78 is 59.8. The molecule has 0 saturated heterocycles. The smallest absolute Gasteiger partial charge is 0.250 e. The standard InChI is InChI=1S/HNO9S2/c2-1(9-11(3,4)5)10-12(6,7)8/h(H-,3,4,5,6,7,8)/p+1. The van der Waals surface area contributed by atoms with Crippen LogP contribution in [0.4, 0.5) is 0 Å². The molecule has 0 aromatic heterocycles. The van der Waals surface area contributed by atoms with E-state index >= 15 is 0 Å². The lowest BCUT2D eigenvalue weighted by atomic mass is 13.1. The Kier molecular flexibility index (Phi) is 2.92. The predicted molar refractivity (Wildman–Crippen MR) is 28.9 cm³/mol. The van der Waals surface area contributed by atoms with Gasteiger partial charge in [-0.2, -0.15) is 16.8 Å². The summed E-state index contributed by atoms with van der Waals surface area (Å²) in [5.74, 6) is 0. The molecule has 0 atom stereocenters. The van der Waals surface area contributed by atoms with E-state index in [2.05, 4.69) is 8.57 Å². The molecule has 2 N–H and O–H groups in total. The Morgan fingerprint density at radius 1 is 0.917 bits per heavy atom. The molecular formula is H2NO9S2+. The second-order valence-corrected chi connectivity index (χ2v) is 3.24. The molecule has 0 spiro atoms. The van der Waals surface area contributed by atoms with E-state index in [-0.39, 0.29) is 0 Å². The zero-order valence-electron chi connectivity index (χ0n) is 5.02. The van der Waals surface area contributed by atoms with Crippen LogP contribution in [0.15, 0.2) is 0 Å². The molecule has 12 heavy (non-hydrogen) atoms. The van der Waals surface area contributed by atoms with E-state index in [4.69, 9.17) is 9.11 Å². The van der Waals surface area contributed by atoms with Gasteiger partial charge in [-0.25, -0.2) is 9.11 Å². The third-order valence-electron chi connectivity index (χ3n) is 0.310. The van der Waals surface area contributed by atoms with Crippen LogP contribution < -0.4 is 0 Å². The minimum absolute atomic E-state index is 1.51. The van der Waals surface area contributed by atoms with Crippen molar-refractivity contribution in [2.45, 2.75) is 0 Å². The van der Waals surface area contributed by atoms with Crippen LogP contribution in [0, 0.1) is 4.91 Å². The van der Waals surface area contributed by atoms with Crippen molar-refractivity contribution in [2.24, 2.45) is 0 Å². The van der Waals surface area contributed by atoms with Crippen LogP contribution in [-0.4, -0.2) is 31.0 Å². The number of hydrogen-bond donors (Lipinski definition) is 2. The summed E-state index contributed by atoms with van der Waals surface area (Å²) >= 11 is 0. The maximum absolute atomic E-state index is 9.87. The molecule has 0 aliphatic carbocycles. The van der Waals surface area contributed by atoms with E-state index in [1.165, 1.54) is 0 Å². The molecule has 12 heteroatoms. The van der Waals surface area contributed by atoms with Gasteiger partial charge in [0.15, 0.2) is 0 Å². The van der Waals surface area contributed by atoms with Gasteiger partial charge in [0, 0.05) is 0 Å². The van der Waals surface area contributed by atoms with E-state index in [1.807, 2.05) is 0 Å².